The number of halogens is 2. The predicted octanol–water partition coefficient (Wildman–Crippen LogP) is -1.26. The molecule has 0 N–H and O–H groups in total. The van der Waals surface area contributed by atoms with Gasteiger partial charge in [-0.2, -0.15) is 12.2 Å². The Labute approximate surface area is 197 Å². The molecule has 0 radical (unpaired) electrons. The molecule has 0 saturated heterocycles. The number of allylic oxidation sites excluding steroid dienone is 8. The van der Waals surface area contributed by atoms with E-state index in [-0.39, 0.29) is 24.8 Å². The van der Waals surface area contributed by atoms with Crippen molar-refractivity contribution in [2.24, 2.45) is 0 Å². The molecule has 0 fully saturated rings. The third-order valence-electron chi connectivity index (χ3n) is 3.86. The zero-order valence-corrected chi connectivity index (χ0v) is 22.4. The molecule has 2 aromatic rings. The molecule has 0 nitrogen and oxygen atoms in total. The van der Waals surface area contributed by atoms with Crippen LogP contribution >= 0.6 is 0 Å². The van der Waals surface area contributed by atoms with Crippen LogP contribution in [-0.4, -0.2) is 5.49 Å². The van der Waals surface area contributed by atoms with Gasteiger partial charge in [0, 0.05) is 0 Å². The van der Waals surface area contributed by atoms with Crippen LogP contribution in [0.5, 0.6) is 0 Å². The molecule has 0 amide bonds. The molecule has 2 aromatic carbocycles. The maximum absolute atomic E-state index is 3.12. The van der Waals surface area contributed by atoms with Gasteiger partial charge in [-0.25, -0.2) is 23.3 Å². The second-order valence-electron chi connectivity index (χ2n) is 6.04. The molecular weight excluding hydrogens is 566 g/mol. The molecule has 0 unspecified atom stereocenters. The number of benzene rings is 2. The van der Waals surface area contributed by atoms with E-state index >= 15 is 0 Å². The van der Waals surface area contributed by atoms with E-state index < -0.39 is 5.49 Å². The van der Waals surface area contributed by atoms with E-state index in [1.807, 2.05) is 0 Å². The summed E-state index contributed by atoms with van der Waals surface area (Å²) in [6, 6.07) is 21.8. The van der Waals surface area contributed by atoms with E-state index in [0.29, 0.717) is 0 Å². The number of hydrogen-bond donors (Lipinski definition) is 0. The fourth-order valence-corrected chi connectivity index (χ4v) is 7.38. The third-order valence-corrected chi connectivity index (χ3v) is 11.9. The second-order valence-corrected chi connectivity index (χ2v) is 13.3. The van der Waals surface area contributed by atoms with E-state index in [0.717, 1.165) is 12.8 Å². The fourth-order valence-electron chi connectivity index (χ4n) is 2.41. The summed E-state index contributed by atoms with van der Waals surface area (Å²) < 4.78 is 0. The van der Waals surface area contributed by atoms with Crippen LogP contribution in [0, 0.1) is 12.2 Å². The van der Waals surface area contributed by atoms with Gasteiger partial charge in [0.25, 0.3) is 0 Å². The van der Waals surface area contributed by atoms with Crippen molar-refractivity contribution in [3.63, 3.8) is 0 Å². The normalized spacial score (nSPS) is 12.9. The quantitative estimate of drug-likeness (QED) is 0.303. The van der Waals surface area contributed by atoms with Gasteiger partial charge in [0.15, 0.2) is 0 Å². The summed E-state index contributed by atoms with van der Waals surface area (Å²) in [5.74, 6) is 0. The molecule has 4 heteroatoms. The van der Waals surface area contributed by atoms with Gasteiger partial charge in [0.1, 0.15) is 0 Å². The van der Waals surface area contributed by atoms with Gasteiger partial charge in [-0.1, -0.05) is 13.8 Å². The minimum absolute atomic E-state index is 0. The first-order valence-electron chi connectivity index (χ1n) is 8.84. The molecular formula is C24H24Cl2HfSi-2. The molecule has 0 atom stereocenters. The summed E-state index contributed by atoms with van der Waals surface area (Å²) >= 11 is 1.27. The molecule has 2 aliphatic rings. The SMILES string of the molecule is CC1=[C-]CC=C1.CC1=[C-]CC=C1.[Cl-].[Cl-].[Hf+2]=[Si](c1ccccc1)c1ccccc1. The van der Waals surface area contributed by atoms with Crippen LogP contribution in [0.4, 0.5) is 0 Å². The Morgan fingerprint density at radius 1 is 0.679 bits per heavy atom. The molecule has 0 aromatic heterocycles. The van der Waals surface area contributed by atoms with Gasteiger partial charge in [0.05, 0.1) is 0 Å². The van der Waals surface area contributed by atoms with Crippen LogP contribution in [0.1, 0.15) is 26.7 Å². The Morgan fingerprint density at radius 3 is 1.25 bits per heavy atom. The van der Waals surface area contributed by atoms with Crippen molar-refractivity contribution in [3.8, 4) is 0 Å². The van der Waals surface area contributed by atoms with Crippen molar-refractivity contribution in [2.45, 2.75) is 26.7 Å². The molecule has 0 saturated carbocycles. The summed E-state index contributed by atoms with van der Waals surface area (Å²) in [6.45, 7) is 4.12. The zero-order chi connectivity index (χ0) is 18.6. The van der Waals surface area contributed by atoms with Crippen LogP contribution in [0.25, 0.3) is 0 Å². The van der Waals surface area contributed by atoms with Gasteiger partial charge in [-0.05, 0) is 0 Å². The standard InChI is InChI=1S/C12H10Si.2C6H7.2ClH.Hf/c1-3-7-11(8-4-1)13-12-9-5-2-6-10-12;2*1-6-4-2-3-5-6;;;/h1-10H;2*2,4H,3H2,1H3;2*1H;/q;2*-1;;;+2/p-2. The Bertz CT molecular complexity index is 747. The van der Waals surface area contributed by atoms with Gasteiger partial charge in [-0.3, -0.25) is 12.2 Å². The first kappa shape index (κ1) is 27.1. The molecule has 4 rings (SSSR count). The fraction of sp³-hybridized carbons (Fsp3) is 0.167. The van der Waals surface area contributed by atoms with Gasteiger partial charge in [-0.15, -0.1) is 12.8 Å². The van der Waals surface area contributed by atoms with Crippen LogP contribution < -0.4 is 35.2 Å². The van der Waals surface area contributed by atoms with Crippen molar-refractivity contribution < 1.29 is 47.8 Å². The molecule has 2 aliphatic carbocycles. The summed E-state index contributed by atoms with van der Waals surface area (Å²) in [5.41, 5.74) is 2.14. The monoisotopic (exact) mass is 590 g/mol. The molecule has 0 aliphatic heterocycles. The summed E-state index contributed by atoms with van der Waals surface area (Å²) in [5, 5.41) is 3.07. The van der Waals surface area contributed by atoms with Crippen LogP contribution in [0.3, 0.4) is 0 Å². The topological polar surface area (TPSA) is 0 Å². The summed E-state index contributed by atoms with van der Waals surface area (Å²) in [7, 11) is 0. The van der Waals surface area contributed by atoms with E-state index in [2.05, 4.69) is 111 Å². The summed E-state index contributed by atoms with van der Waals surface area (Å²) in [6.07, 6.45) is 16.7. The van der Waals surface area contributed by atoms with Crippen LogP contribution in [0.15, 0.2) is 96.1 Å². The number of hydrogen-bond acceptors (Lipinski definition) is 0. The second kappa shape index (κ2) is 15.9. The first-order chi connectivity index (χ1) is 12.7. The van der Waals surface area contributed by atoms with Gasteiger partial charge in [0.2, 0.25) is 0 Å². The average molecular weight is 590 g/mol. The molecule has 0 bridgehead atoms. The van der Waals surface area contributed by atoms with E-state index in [4.69, 9.17) is 0 Å². The first-order valence-corrected chi connectivity index (χ1v) is 15.7. The molecule has 0 spiro atoms. The minimum atomic E-state index is -0.406. The van der Waals surface area contributed by atoms with Crippen LogP contribution in [0.2, 0.25) is 0 Å². The Morgan fingerprint density at radius 2 is 1.04 bits per heavy atom. The average Bonchev–Trinajstić information content (AvgIpc) is 3.37. The maximum atomic E-state index is 3.12. The van der Waals surface area contributed by atoms with Crippen molar-refractivity contribution in [1.82, 2.24) is 0 Å². The number of rotatable bonds is 2. The zero-order valence-electron chi connectivity index (χ0n) is 16.3. The molecule has 144 valence electrons. The van der Waals surface area contributed by atoms with Gasteiger partial charge >= 0.3 is 99.5 Å². The Balaban J connectivity index is 0.000000437. The van der Waals surface area contributed by atoms with Crippen LogP contribution in [-0.2, 0) is 23.0 Å². The van der Waals surface area contributed by atoms with E-state index in [1.165, 1.54) is 44.5 Å². The van der Waals surface area contributed by atoms with E-state index in [1.54, 1.807) is 0 Å². The summed E-state index contributed by atoms with van der Waals surface area (Å²) in [4.78, 5) is 0. The van der Waals surface area contributed by atoms with Crippen molar-refractivity contribution in [1.29, 1.82) is 0 Å². The third kappa shape index (κ3) is 10.6. The Hall–Kier alpha value is -0.933. The van der Waals surface area contributed by atoms with Crippen molar-refractivity contribution in [3.05, 3.63) is 108 Å². The van der Waals surface area contributed by atoms with Gasteiger partial charge < -0.3 is 24.8 Å². The molecule has 28 heavy (non-hydrogen) atoms. The predicted molar refractivity (Wildman–Crippen MR) is 110 cm³/mol. The Kier molecular flexibility index (Phi) is 15.4. The molecule has 0 heterocycles. The van der Waals surface area contributed by atoms with E-state index in [9.17, 15) is 0 Å². The van der Waals surface area contributed by atoms with Crippen molar-refractivity contribution in [2.75, 3.05) is 0 Å². The van der Waals surface area contributed by atoms with Crippen molar-refractivity contribution >= 4 is 15.9 Å².